The fraction of sp³-hybridized carbons (Fsp3) is 0.562. The molecule has 0 heterocycles. The summed E-state index contributed by atoms with van der Waals surface area (Å²) in [5.41, 5.74) is 1.60. The minimum Gasteiger partial charge on any atom is -0.490 e. The van der Waals surface area contributed by atoms with Crippen LogP contribution in [0.5, 0.6) is 5.75 Å². The van der Waals surface area contributed by atoms with Gasteiger partial charge in [-0.15, -0.1) is 0 Å². The molecular weight excluding hydrogens is 238 g/mol. The third-order valence-electron chi connectivity index (χ3n) is 3.75. The highest BCUT2D eigenvalue weighted by atomic mass is 16.5. The van der Waals surface area contributed by atoms with Crippen molar-refractivity contribution in [2.75, 3.05) is 0 Å². The second-order valence-electron chi connectivity index (χ2n) is 5.13. The quantitative estimate of drug-likeness (QED) is 0.378. The van der Waals surface area contributed by atoms with E-state index in [0.29, 0.717) is 18.2 Å². The Morgan fingerprint density at radius 1 is 1.21 bits per heavy atom. The monoisotopic (exact) mass is 261 g/mol. The lowest BCUT2D eigenvalue weighted by molar-refractivity contribution is 0.183. The van der Waals surface area contributed by atoms with Crippen molar-refractivity contribution < 1.29 is 9.94 Å². The van der Waals surface area contributed by atoms with Crippen LogP contribution >= 0.6 is 0 Å². The van der Waals surface area contributed by atoms with Crippen molar-refractivity contribution in [3.8, 4) is 5.75 Å². The van der Waals surface area contributed by atoms with Crippen LogP contribution in [0.15, 0.2) is 29.4 Å². The Balaban J connectivity index is 2.15. The summed E-state index contributed by atoms with van der Waals surface area (Å²) in [6.45, 7) is 1.98. The van der Waals surface area contributed by atoms with E-state index in [2.05, 4.69) is 5.16 Å². The highest BCUT2D eigenvalue weighted by Gasteiger charge is 2.16. The summed E-state index contributed by atoms with van der Waals surface area (Å²) in [6, 6.07) is 7.86. The maximum Gasteiger partial charge on any atom is 0.128 e. The van der Waals surface area contributed by atoms with Gasteiger partial charge in [0, 0.05) is 5.56 Å². The van der Waals surface area contributed by atoms with Crippen LogP contribution in [0.25, 0.3) is 0 Å². The number of ether oxygens (including phenoxy) is 1. The van der Waals surface area contributed by atoms with Crippen molar-refractivity contribution in [2.24, 2.45) is 5.16 Å². The maximum atomic E-state index is 9.09. The van der Waals surface area contributed by atoms with Crippen LogP contribution in [0, 0.1) is 0 Å². The predicted octanol–water partition coefficient (Wildman–Crippen LogP) is 4.38. The van der Waals surface area contributed by atoms with Crippen molar-refractivity contribution >= 4 is 5.71 Å². The first kappa shape index (κ1) is 13.9. The molecule has 0 bridgehead atoms. The standard InChI is InChI=1S/C16H23NO2/c1-2-15(17-18)14-11-7-8-12-16(14)19-13-9-5-3-4-6-10-13/h7-8,11-13,18H,2-6,9-10H2,1H3/b17-15-. The summed E-state index contributed by atoms with van der Waals surface area (Å²) in [7, 11) is 0. The smallest absolute Gasteiger partial charge is 0.128 e. The molecular formula is C16H23NO2. The minimum atomic E-state index is 0.306. The fourth-order valence-corrected chi connectivity index (χ4v) is 2.66. The van der Waals surface area contributed by atoms with E-state index in [1.54, 1.807) is 0 Å². The van der Waals surface area contributed by atoms with Gasteiger partial charge < -0.3 is 9.94 Å². The summed E-state index contributed by atoms with van der Waals surface area (Å²) in [6.07, 6.45) is 8.41. The Kier molecular flexibility index (Phi) is 5.25. The average molecular weight is 261 g/mol. The normalized spacial score (nSPS) is 18.1. The number of hydrogen-bond donors (Lipinski definition) is 1. The van der Waals surface area contributed by atoms with Crippen molar-refractivity contribution in [1.82, 2.24) is 0 Å². The van der Waals surface area contributed by atoms with Crippen LogP contribution < -0.4 is 4.74 Å². The van der Waals surface area contributed by atoms with Gasteiger partial charge in [-0.05, 0) is 44.2 Å². The highest BCUT2D eigenvalue weighted by molar-refractivity contribution is 6.02. The Bertz CT molecular complexity index is 421. The second kappa shape index (κ2) is 7.17. The molecule has 1 saturated carbocycles. The fourth-order valence-electron chi connectivity index (χ4n) is 2.66. The molecule has 1 aromatic carbocycles. The van der Waals surface area contributed by atoms with E-state index in [0.717, 1.165) is 24.2 Å². The van der Waals surface area contributed by atoms with Gasteiger partial charge in [-0.2, -0.15) is 0 Å². The molecule has 1 aromatic rings. The second-order valence-corrected chi connectivity index (χ2v) is 5.13. The first-order valence-electron chi connectivity index (χ1n) is 7.32. The zero-order valence-electron chi connectivity index (χ0n) is 11.6. The first-order chi connectivity index (χ1) is 9.35. The summed E-state index contributed by atoms with van der Waals surface area (Å²) in [5.74, 6) is 0.851. The number of para-hydroxylation sites is 1. The third-order valence-corrected chi connectivity index (χ3v) is 3.75. The van der Waals surface area contributed by atoms with Gasteiger partial charge in [0.25, 0.3) is 0 Å². The van der Waals surface area contributed by atoms with Gasteiger partial charge in [-0.3, -0.25) is 0 Å². The van der Waals surface area contributed by atoms with Gasteiger partial charge in [-0.1, -0.05) is 37.1 Å². The molecule has 0 radical (unpaired) electrons. The molecule has 1 N–H and O–H groups in total. The molecule has 0 amide bonds. The topological polar surface area (TPSA) is 41.8 Å². The van der Waals surface area contributed by atoms with Crippen LogP contribution in [0.1, 0.15) is 57.4 Å². The molecule has 0 saturated heterocycles. The van der Waals surface area contributed by atoms with Crippen LogP contribution in [0.3, 0.4) is 0 Å². The molecule has 1 aliphatic rings. The largest absolute Gasteiger partial charge is 0.490 e. The molecule has 3 nitrogen and oxygen atoms in total. The number of oxime groups is 1. The SMILES string of the molecule is CC/C(=N/O)c1ccccc1OC1CCCCCC1. The number of nitrogens with zero attached hydrogens (tertiary/aromatic N) is 1. The van der Waals surface area contributed by atoms with Gasteiger partial charge in [0.2, 0.25) is 0 Å². The average Bonchev–Trinajstić information content (AvgIpc) is 2.71. The molecule has 0 aliphatic heterocycles. The molecule has 104 valence electrons. The van der Waals surface area contributed by atoms with Crippen molar-refractivity contribution in [2.45, 2.75) is 58.0 Å². The first-order valence-corrected chi connectivity index (χ1v) is 7.32. The van der Waals surface area contributed by atoms with Gasteiger partial charge in [0.1, 0.15) is 5.75 Å². The lowest BCUT2D eigenvalue weighted by Gasteiger charge is -2.19. The third kappa shape index (κ3) is 3.72. The Morgan fingerprint density at radius 3 is 2.53 bits per heavy atom. The van der Waals surface area contributed by atoms with Crippen molar-refractivity contribution in [3.63, 3.8) is 0 Å². The Labute approximate surface area is 115 Å². The molecule has 1 aliphatic carbocycles. The number of rotatable bonds is 4. The van der Waals surface area contributed by atoms with Crippen molar-refractivity contribution in [3.05, 3.63) is 29.8 Å². The van der Waals surface area contributed by atoms with Crippen LogP contribution in [0.4, 0.5) is 0 Å². The maximum absolute atomic E-state index is 9.09. The summed E-state index contributed by atoms with van der Waals surface area (Å²) in [5, 5.41) is 12.5. The number of hydrogen-bond acceptors (Lipinski definition) is 3. The molecule has 2 rings (SSSR count). The summed E-state index contributed by atoms with van der Waals surface area (Å²) < 4.78 is 6.16. The van der Waals surface area contributed by atoms with E-state index in [9.17, 15) is 0 Å². The van der Waals surface area contributed by atoms with Crippen LogP contribution in [0.2, 0.25) is 0 Å². The summed E-state index contributed by atoms with van der Waals surface area (Å²) >= 11 is 0. The summed E-state index contributed by atoms with van der Waals surface area (Å²) in [4.78, 5) is 0. The van der Waals surface area contributed by atoms with E-state index in [-0.39, 0.29) is 0 Å². The molecule has 0 unspecified atom stereocenters. The Morgan fingerprint density at radius 2 is 1.89 bits per heavy atom. The lowest BCUT2D eigenvalue weighted by Crippen LogP contribution is -2.17. The van der Waals surface area contributed by atoms with E-state index in [1.165, 1.54) is 25.7 Å². The van der Waals surface area contributed by atoms with Crippen LogP contribution in [-0.2, 0) is 0 Å². The van der Waals surface area contributed by atoms with Gasteiger partial charge in [0.05, 0.1) is 11.8 Å². The highest BCUT2D eigenvalue weighted by Crippen LogP contribution is 2.26. The van der Waals surface area contributed by atoms with E-state index < -0.39 is 0 Å². The predicted molar refractivity (Wildman–Crippen MR) is 77.2 cm³/mol. The zero-order valence-corrected chi connectivity index (χ0v) is 11.6. The van der Waals surface area contributed by atoms with E-state index in [4.69, 9.17) is 9.94 Å². The van der Waals surface area contributed by atoms with Crippen molar-refractivity contribution in [1.29, 1.82) is 0 Å². The van der Waals surface area contributed by atoms with Crippen LogP contribution in [-0.4, -0.2) is 17.0 Å². The molecule has 0 aromatic heterocycles. The van der Waals surface area contributed by atoms with E-state index in [1.807, 2.05) is 31.2 Å². The van der Waals surface area contributed by atoms with Gasteiger partial charge in [-0.25, -0.2) is 0 Å². The Hall–Kier alpha value is -1.51. The van der Waals surface area contributed by atoms with Gasteiger partial charge in [0.15, 0.2) is 0 Å². The minimum absolute atomic E-state index is 0.306. The zero-order chi connectivity index (χ0) is 13.5. The number of benzene rings is 1. The lowest BCUT2D eigenvalue weighted by atomic mass is 10.1. The molecule has 1 fully saturated rings. The molecule has 19 heavy (non-hydrogen) atoms. The molecule has 0 spiro atoms. The van der Waals surface area contributed by atoms with E-state index >= 15 is 0 Å². The van der Waals surface area contributed by atoms with Gasteiger partial charge >= 0.3 is 0 Å². The molecule has 3 heteroatoms. The molecule has 0 atom stereocenters.